The minimum absolute atomic E-state index is 1.08. The summed E-state index contributed by atoms with van der Waals surface area (Å²) in [4.78, 5) is 0. The first-order valence-corrected chi connectivity index (χ1v) is 2.78. The van der Waals surface area contributed by atoms with Gasteiger partial charge in [0.05, 0.1) is 0 Å². The van der Waals surface area contributed by atoms with E-state index in [2.05, 4.69) is 5.82 Å². The van der Waals surface area contributed by atoms with Crippen molar-refractivity contribution in [2.45, 2.75) is 0 Å². The van der Waals surface area contributed by atoms with Crippen LogP contribution in [0.3, 0.4) is 0 Å². The van der Waals surface area contributed by atoms with Gasteiger partial charge in [0.15, 0.2) is 0 Å². The monoisotopic (exact) mass is 113 g/mol. The van der Waals surface area contributed by atoms with Crippen molar-refractivity contribution in [3.8, 4) is 12.2 Å². The van der Waals surface area contributed by atoms with Crippen molar-refractivity contribution in [2.24, 2.45) is 0 Å². The van der Waals surface area contributed by atoms with Crippen LogP contribution in [0.1, 0.15) is 0 Å². The molecule has 0 N–H and O–H groups in total. The summed E-state index contributed by atoms with van der Waals surface area (Å²) < 4.78 is 0. The van der Waals surface area contributed by atoms with Gasteiger partial charge in [0.2, 0.25) is 0 Å². The normalized spacial score (nSPS) is 7.89. The van der Waals surface area contributed by atoms with Crippen LogP contribution in [0, 0.1) is 12.2 Å². The fraction of sp³-hybridized carbons (Fsp3) is 0. The van der Waals surface area contributed by atoms with E-state index in [4.69, 9.17) is 6.42 Å². The van der Waals surface area contributed by atoms with Gasteiger partial charge in [0.25, 0.3) is 7.28 Å². The third-order valence-corrected chi connectivity index (χ3v) is 1.05. The van der Waals surface area contributed by atoms with E-state index in [0.717, 1.165) is 5.46 Å². The van der Waals surface area contributed by atoms with Crippen molar-refractivity contribution >= 4 is 12.7 Å². The molecule has 1 aromatic rings. The van der Waals surface area contributed by atoms with Gasteiger partial charge in [-0.05, 0) is 0 Å². The highest BCUT2D eigenvalue weighted by atomic mass is 13.7. The molecule has 0 atom stereocenters. The van der Waals surface area contributed by atoms with Gasteiger partial charge in [0.1, 0.15) is 0 Å². The third-order valence-electron chi connectivity index (χ3n) is 1.05. The van der Waals surface area contributed by atoms with Gasteiger partial charge in [0, 0.05) is 0 Å². The number of benzene rings is 1. The Hall–Kier alpha value is -1.16. The lowest BCUT2D eigenvalue weighted by Gasteiger charge is -1.87. The second-order valence-corrected chi connectivity index (χ2v) is 1.72. The average Bonchev–Trinajstić information content (AvgIpc) is 1.91. The summed E-state index contributed by atoms with van der Waals surface area (Å²) in [6, 6.07) is 9.83. The molecule has 1 radical (unpaired) electrons. The highest BCUT2D eigenvalue weighted by Gasteiger charge is 1.85. The Bertz CT molecular complexity index is 208. The first-order chi connectivity index (χ1) is 4.43. The smallest absolute Gasteiger partial charge is 0.160 e. The molecule has 0 heterocycles. The van der Waals surface area contributed by atoms with Crippen LogP contribution in [0.4, 0.5) is 0 Å². The van der Waals surface area contributed by atoms with E-state index in [1.54, 1.807) is 7.28 Å². The molecule has 0 aliphatic heterocycles. The molecule has 1 heteroatoms. The van der Waals surface area contributed by atoms with Gasteiger partial charge in [-0.25, -0.2) is 0 Å². The van der Waals surface area contributed by atoms with Crippen molar-refractivity contribution in [2.75, 3.05) is 0 Å². The first kappa shape index (κ1) is 5.97. The first-order valence-electron chi connectivity index (χ1n) is 2.78. The van der Waals surface area contributed by atoms with Gasteiger partial charge < -0.3 is 0 Å². The summed E-state index contributed by atoms with van der Waals surface area (Å²) in [6.07, 6.45) is 5.05. The van der Waals surface area contributed by atoms with Crippen molar-refractivity contribution in [1.29, 1.82) is 0 Å². The maximum Gasteiger partial charge on any atom is 0.252 e. The molecule has 9 heavy (non-hydrogen) atoms. The van der Waals surface area contributed by atoms with Gasteiger partial charge >= 0.3 is 0 Å². The van der Waals surface area contributed by atoms with Crippen molar-refractivity contribution < 1.29 is 0 Å². The number of hydrogen-bond donors (Lipinski definition) is 0. The number of hydrogen-bond acceptors (Lipinski definition) is 0. The minimum atomic E-state index is 1.08. The fourth-order valence-corrected chi connectivity index (χ4v) is 0.645. The van der Waals surface area contributed by atoms with E-state index in [-0.39, 0.29) is 0 Å². The van der Waals surface area contributed by atoms with Crippen molar-refractivity contribution in [3.63, 3.8) is 0 Å². The number of rotatable bonds is 1. The van der Waals surface area contributed by atoms with E-state index in [1.807, 2.05) is 30.3 Å². The molecule has 0 saturated heterocycles. The summed E-state index contributed by atoms with van der Waals surface area (Å²) in [5, 5.41) is 0. The Kier molecular flexibility index (Phi) is 1.98. The lowest BCUT2D eigenvalue weighted by Crippen LogP contribution is -2.10. The van der Waals surface area contributed by atoms with E-state index in [0.29, 0.717) is 0 Å². The summed E-state index contributed by atoms with van der Waals surface area (Å²) in [6.45, 7) is 0. The predicted octanol–water partition coefficient (Wildman–Crippen LogP) is 0.607. The largest absolute Gasteiger partial charge is 0.252 e. The van der Waals surface area contributed by atoms with Crippen LogP contribution in [-0.2, 0) is 0 Å². The van der Waals surface area contributed by atoms with Crippen LogP contribution in [0.5, 0.6) is 0 Å². The zero-order valence-corrected chi connectivity index (χ0v) is 5.04. The predicted molar refractivity (Wildman–Crippen MR) is 40.7 cm³/mol. The molecular formula is C8H6B. The Morgan fingerprint density at radius 1 is 1.22 bits per heavy atom. The summed E-state index contributed by atoms with van der Waals surface area (Å²) in [5.41, 5.74) is 1.08. The van der Waals surface area contributed by atoms with Crippen LogP contribution in [0.15, 0.2) is 30.3 Å². The van der Waals surface area contributed by atoms with Crippen LogP contribution in [-0.4, -0.2) is 7.28 Å². The molecule has 0 unspecified atom stereocenters. The Morgan fingerprint density at radius 2 is 1.89 bits per heavy atom. The van der Waals surface area contributed by atoms with Crippen LogP contribution < -0.4 is 5.46 Å². The molecular weight excluding hydrogens is 107 g/mol. The molecule has 0 spiro atoms. The highest BCUT2D eigenvalue weighted by Crippen LogP contribution is 1.79. The third kappa shape index (κ3) is 1.66. The second-order valence-electron chi connectivity index (χ2n) is 1.72. The molecule has 0 fully saturated rings. The molecule has 0 aromatic heterocycles. The Labute approximate surface area is 56.1 Å². The van der Waals surface area contributed by atoms with Gasteiger partial charge in [-0.3, -0.25) is 0 Å². The molecule has 1 aromatic carbocycles. The van der Waals surface area contributed by atoms with E-state index < -0.39 is 0 Å². The van der Waals surface area contributed by atoms with Gasteiger partial charge in [-0.1, -0.05) is 35.8 Å². The topological polar surface area (TPSA) is 0 Å². The lowest BCUT2D eigenvalue weighted by molar-refractivity contribution is 1.77. The quantitative estimate of drug-likeness (QED) is 0.369. The zero-order chi connectivity index (χ0) is 6.53. The highest BCUT2D eigenvalue weighted by molar-refractivity contribution is 6.61. The molecule has 41 valence electrons. The molecule has 0 nitrogen and oxygen atoms in total. The molecule has 1 rings (SSSR count). The van der Waals surface area contributed by atoms with E-state index in [1.165, 1.54) is 0 Å². The SMILES string of the molecule is C#C[B]c1ccccc1. The Balaban J connectivity index is 2.76. The van der Waals surface area contributed by atoms with Crippen LogP contribution in [0.25, 0.3) is 0 Å². The van der Waals surface area contributed by atoms with Crippen LogP contribution >= 0.6 is 0 Å². The standard InChI is InChI=1S/C8H6B/c1-2-9-8-6-4-3-5-7-8/h1,3-7H. The molecule has 0 amide bonds. The summed E-state index contributed by atoms with van der Waals surface area (Å²) >= 11 is 0. The Morgan fingerprint density at radius 3 is 2.44 bits per heavy atom. The molecule has 0 saturated carbocycles. The number of terminal acetylenes is 1. The average molecular weight is 113 g/mol. The van der Waals surface area contributed by atoms with Gasteiger partial charge in [-0.15, -0.1) is 6.42 Å². The van der Waals surface area contributed by atoms with E-state index >= 15 is 0 Å². The summed E-state index contributed by atoms with van der Waals surface area (Å²) in [7, 11) is 1.74. The minimum Gasteiger partial charge on any atom is -0.160 e. The summed E-state index contributed by atoms with van der Waals surface area (Å²) in [5.74, 6) is 2.46. The van der Waals surface area contributed by atoms with E-state index in [9.17, 15) is 0 Å². The van der Waals surface area contributed by atoms with Crippen molar-refractivity contribution in [1.82, 2.24) is 0 Å². The maximum absolute atomic E-state index is 5.05. The zero-order valence-electron chi connectivity index (χ0n) is 5.04. The van der Waals surface area contributed by atoms with Crippen molar-refractivity contribution in [3.05, 3.63) is 30.3 Å². The van der Waals surface area contributed by atoms with Gasteiger partial charge in [-0.2, -0.15) is 5.82 Å². The maximum atomic E-state index is 5.05. The lowest BCUT2D eigenvalue weighted by atomic mass is 9.72. The second kappa shape index (κ2) is 2.99. The fourth-order valence-electron chi connectivity index (χ4n) is 0.645. The molecule has 0 bridgehead atoms. The molecule has 0 aliphatic rings. The molecule has 0 aliphatic carbocycles. The van der Waals surface area contributed by atoms with Crippen LogP contribution in [0.2, 0.25) is 0 Å².